The zero-order valence-electron chi connectivity index (χ0n) is 12.9. The Hall–Kier alpha value is -2.22. The van der Waals surface area contributed by atoms with E-state index in [2.05, 4.69) is 9.97 Å². The molecule has 24 heavy (non-hydrogen) atoms. The molecule has 128 valence electrons. The maximum atomic E-state index is 14.0. The molecule has 0 aliphatic carbocycles. The molecule has 0 atom stereocenters. The molecule has 4 nitrogen and oxygen atoms in total. The van der Waals surface area contributed by atoms with E-state index < -0.39 is 17.6 Å². The Morgan fingerprint density at radius 3 is 2.75 bits per heavy atom. The third-order valence-corrected chi connectivity index (χ3v) is 4.05. The quantitative estimate of drug-likeness (QED) is 0.855. The molecule has 0 spiro atoms. The van der Waals surface area contributed by atoms with Gasteiger partial charge in [0.05, 0.1) is 11.3 Å². The highest BCUT2D eigenvalue weighted by Crippen LogP contribution is 2.30. The fourth-order valence-electron chi connectivity index (χ4n) is 2.85. The Morgan fingerprint density at radius 2 is 2.08 bits per heavy atom. The third kappa shape index (κ3) is 3.33. The summed E-state index contributed by atoms with van der Waals surface area (Å²) in [5.41, 5.74) is 0.266. The summed E-state index contributed by atoms with van der Waals surface area (Å²) < 4.78 is 51.7. The third-order valence-electron chi connectivity index (χ3n) is 4.05. The summed E-state index contributed by atoms with van der Waals surface area (Å²) in [6.45, 7) is 2.72. The summed E-state index contributed by atoms with van der Waals surface area (Å²) in [7, 11) is 0. The highest BCUT2D eigenvalue weighted by Gasteiger charge is 2.31. The Balaban J connectivity index is 1.79. The number of fused-ring (bicyclic) bond motifs is 1. The van der Waals surface area contributed by atoms with Crippen molar-refractivity contribution in [2.24, 2.45) is 0 Å². The van der Waals surface area contributed by atoms with Gasteiger partial charge in [0.2, 0.25) is 0 Å². The van der Waals surface area contributed by atoms with Crippen molar-refractivity contribution in [3.05, 3.63) is 62.6 Å². The number of aryl methyl sites for hydroxylation is 1. The minimum atomic E-state index is -4.56. The SMILES string of the molecule is Cc1nc2c(c(=O)[nH]1)CCN(Cc1ccc(C(F)(F)F)cc1F)C2. The van der Waals surface area contributed by atoms with E-state index in [-0.39, 0.29) is 17.7 Å². The molecule has 1 aromatic carbocycles. The van der Waals surface area contributed by atoms with Crippen LogP contribution in [-0.2, 0) is 25.7 Å². The van der Waals surface area contributed by atoms with Crippen molar-refractivity contribution in [2.45, 2.75) is 32.6 Å². The lowest BCUT2D eigenvalue weighted by Gasteiger charge is -2.27. The molecule has 0 unspecified atom stereocenters. The molecule has 8 heteroatoms. The van der Waals surface area contributed by atoms with Gasteiger partial charge < -0.3 is 4.98 Å². The Kier molecular flexibility index (Phi) is 4.16. The van der Waals surface area contributed by atoms with Crippen LogP contribution >= 0.6 is 0 Å². The maximum absolute atomic E-state index is 14.0. The second-order valence-corrected chi connectivity index (χ2v) is 5.84. The van der Waals surface area contributed by atoms with E-state index in [0.29, 0.717) is 42.7 Å². The molecule has 2 aromatic rings. The van der Waals surface area contributed by atoms with Gasteiger partial charge in [0.1, 0.15) is 11.6 Å². The maximum Gasteiger partial charge on any atom is 0.416 e. The normalized spacial score (nSPS) is 15.4. The number of hydrogen-bond donors (Lipinski definition) is 1. The molecule has 0 bridgehead atoms. The molecule has 0 saturated carbocycles. The highest BCUT2D eigenvalue weighted by atomic mass is 19.4. The first kappa shape index (κ1) is 16.6. The van der Waals surface area contributed by atoms with Crippen LogP contribution in [0.2, 0.25) is 0 Å². The van der Waals surface area contributed by atoms with Crippen LogP contribution in [0.3, 0.4) is 0 Å². The molecule has 0 fully saturated rings. The summed E-state index contributed by atoms with van der Waals surface area (Å²) in [5, 5.41) is 0. The summed E-state index contributed by atoms with van der Waals surface area (Å²) in [4.78, 5) is 20.7. The van der Waals surface area contributed by atoms with Gasteiger partial charge in [-0.3, -0.25) is 9.69 Å². The molecule has 0 amide bonds. The number of alkyl halides is 3. The average Bonchev–Trinajstić information content (AvgIpc) is 2.47. The topological polar surface area (TPSA) is 49.0 Å². The lowest BCUT2D eigenvalue weighted by atomic mass is 10.0. The molecule has 1 aliphatic rings. The van der Waals surface area contributed by atoms with Gasteiger partial charge in [0.15, 0.2) is 0 Å². The van der Waals surface area contributed by atoms with Crippen LogP contribution in [-0.4, -0.2) is 21.4 Å². The van der Waals surface area contributed by atoms with E-state index in [0.717, 1.165) is 12.1 Å². The van der Waals surface area contributed by atoms with Crippen LogP contribution in [0.1, 0.15) is 28.2 Å². The number of aromatic amines is 1. The Bertz CT molecular complexity index is 829. The summed E-state index contributed by atoms with van der Waals surface area (Å²) in [5.74, 6) is -0.382. The number of halogens is 4. The summed E-state index contributed by atoms with van der Waals surface area (Å²) in [6, 6.07) is 2.55. The first-order valence-electron chi connectivity index (χ1n) is 7.40. The number of rotatable bonds is 2. The molecular formula is C16H15F4N3O. The monoisotopic (exact) mass is 341 g/mol. The van der Waals surface area contributed by atoms with Crippen LogP contribution in [0.4, 0.5) is 17.6 Å². The number of benzene rings is 1. The van der Waals surface area contributed by atoms with Crippen molar-refractivity contribution in [1.29, 1.82) is 0 Å². The predicted octanol–water partition coefficient (Wildman–Crippen LogP) is 2.79. The van der Waals surface area contributed by atoms with E-state index in [1.165, 1.54) is 0 Å². The predicted molar refractivity (Wildman–Crippen MR) is 78.8 cm³/mol. The first-order chi connectivity index (χ1) is 11.2. The average molecular weight is 341 g/mol. The summed E-state index contributed by atoms with van der Waals surface area (Å²) in [6.07, 6.45) is -4.09. The fourth-order valence-corrected chi connectivity index (χ4v) is 2.85. The van der Waals surface area contributed by atoms with Crippen molar-refractivity contribution in [3.8, 4) is 0 Å². The fraction of sp³-hybridized carbons (Fsp3) is 0.375. The smallest absolute Gasteiger partial charge is 0.311 e. The number of nitrogens with one attached hydrogen (secondary N) is 1. The van der Waals surface area contributed by atoms with Crippen LogP contribution < -0.4 is 5.56 Å². The number of aromatic nitrogens is 2. The second-order valence-electron chi connectivity index (χ2n) is 5.84. The molecule has 1 aliphatic heterocycles. The number of H-pyrrole nitrogens is 1. The molecule has 0 radical (unpaired) electrons. The molecule has 1 aromatic heterocycles. The minimum Gasteiger partial charge on any atom is -0.311 e. The molecular weight excluding hydrogens is 326 g/mol. The van der Waals surface area contributed by atoms with Crippen molar-refractivity contribution >= 4 is 0 Å². The van der Waals surface area contributed by atoms with Gasteiger partial charge in [-0.2, -0.15) is 13.2 Å². The van der Waals surface area contributed by atoms with Gasteiger partial charge in [-0.15, -0.1) is 0 Å². The minimum absolute atomic E-state index is 0.164. The number of nitrogens with zero attached hydrogens (tertiary/aromatic N) is 2. The van der Waals surface area contributed by atoms with Gasteiger partial charge in [0, 0.05) is 30.8 Å². The van der Waals surface area contributed by atoms with Gasteiger partial charge in [-0.25, -0.2) is 9.37 Å². The van der Waals surface area contributed by atoms with Crippen LogP contribution in [0.5, 0.6) is 0 Å². The van der Waals surface area contributed by atoms with Gasteiger partial charge in [0.25, 0.3) is 5.56 Å². The standard InChI is InChI=1S/C16H15F4N3O/c1-9-21-14-8-23(5-4-12(14)15(24)22-9)7-10-2-3-11(6-13(10)17)16(18,19)20/h2-3,6H,4-5,7-8H2,1H3,(H,21,22,24). The number of hydrogen-bond acceptors (Lipinski definition) is 3. The van der Waals surface area contributed by atoms with Gasteiger partial charge in [-0.1, -0.05) is 6.07 Å². The Morgan fingerprint density at radius 1 is 1.33 bits per heavy atom. The van der Waals surface area contributed by atoms with E-state index in [9.17, 15) is 22.4 Å². The summed E-state index contributed by atoms with van der Waals surface area (Å²) >= 11 is 0. The molecule has 3 rings (SSSR count). The first-order valence-corrected chi connectivity index (χ1v) is 7.40. The van der Waals surface area contributed by atoms with E-state index in [1.54, 1.807) is 6.92 Å². The van der Waals surface area contributed by atoms with Crippen molar-refractivity contribution < 1.29 is 17.6 Å². The lowest BCUT2D eigenvalue weighted by Crippen LogP contribution is -2.35. The lowest BCUT2D eigenvalue weighted by molar-refractivity contribution is -0.137. The van der Waals surface area contributed by atoms with Crippen molar-refractivity contribution in [3.63, 3.8) is 0 Å². The molecule has 0 saturated heterocycles. The largest absolute Gasteiger partial charge is 0.416 e. The van der Waals surface area contributed by atoms with Gasteiger partial charge in [-0.05, 0) is 25.5 Å². The zero-order valence-corrected chi connectivity index (χ0v) is 12.9. The molecule has 1 N–H and O–H groups in total. The van der Waals surface area contributed by atoms with Crippen molar-refractivity contribution in [2.75, 3.05) is 6.54 Å². The van der Waals surface area contributed by atoms with E-state index in [4.69, 9.17) is 0 Å². The Labute approximate surface area is 135 Å². The van der Waals surface area contributed by atoms with Crippen molar-refractivity contribution in [1.82, 2.24) is 14.9 Å². The van der Waals surface area contributed by atoms with E-state index >= 15 is 0 Å². The highest BCUT2D eigenvalue weighted by molar-refractivity contribution is 5.27. The van der Waals surface area contributed by atoms with Crippen LogP contribution in [0.15, 0.2) is 23.0 Å². The van der Waals surface area contributed by atoms with Crippen LogP contribution in [0, 0.1) is 12.7 Å². The van der Waals surface area contributed by atoms with Gasteiger partial charge >= 0.3 is 6.18 Å². The van der Waals surface area contributed by atoms with E-state index in [1.807, 2.05) is 4.90 Å². The molecule has 2 heterocycles. The van der Waals surface area contributed by atoms with Crippen LogP contribution in [0.25, 0.3) is 0 Å². The zero-order chi connectivity index (χ0) is 17.5. The second kappa shape index (κ2) is 6.01.